The van der Waals surface area contributed by atoms with Gasteiger partial charge in [0.1, 0.15) is 0 Å². The summed E-state index contributed by atoms with van der Waals surface area (Å²) in [6.07, 6.45) is 0.547. The van der Waals surface area contributed by atoms with Crippen molar-refractivity contribution in [1.82, 2.24) is 10.2 Å². The summed E-state index contributed by atoms with van der Waals surface area (Å²) in [6.45, 7) is 1.79. The summed E-state index contributed by atoms with van der Waals surface area (Å²) in [5.41, 5.74) is 1.69. The van der Waals surface area contributed by atoms with Crippen LogP contribution in [0.15, 0.2) is 48.5 Å². The first kappa shape index (κ1) is 20.7. The zero-order chi connectivity index (χ0) is 21.0. The van der Waals surface area contributed by atoms with Crippen LogP contribution in [-0.2, 0) is 16.3 Å². The molecular weight excluding hydrogens is 392 g/mol. The summed E-state index contributed by atoms with van der Waals surface area (Å²) in [5, 5.41) is 2.54. The van der Waals surface area contributed by atoms with Crippen LogP contribution in [0.1, 0.15) is 43.6 Å². The van der Waals surface area contributed by atoms with Crippen molar-refractivity contribution in [3.05, 3.63) is 70.8 Å². The van der Waals surface area contributed by atoms with Gasteiger partial charge in [-0.05, 0) is 30.2 Å². The molecule has 29 heavy (non-hydrogen) atoms. The fourth-order valence-corrected chi connectivity index (χ4v) is 3.79. The van der Waals surface area contributed by atoms with Crippen molar-refractivity contribution in [3.8, 4) is 0 Å². The molecule has 0 saturated heterocycles. The van der Waals surface area contributed by atoms with Crippen LogP contribution in [0.2, 0.25) is 0 Å². The second-order valence-corrected chi connectivity index (χ2v) is 9.22. The fraction of sp³-hybridized carbons (Fsp3) is 0.286. The van der Waals surface area contributed by atoms with Gasteiger partial charge in [0.2, 0.25) is 0 Å². The second kappa shape index (κ2) is 8.57. The largest absolute Gasteiger partial charge is 0.351 e. The molecule has 1 heterocycles. The number of imide groups is 1. The highest BCUT2D eigenvalue weighted by molar-refractivity contribution is 7.91. The second-order valence-electron chi connectivity index (χ2n) is 6.75. The summed E-state index contributed by atoms with van der Waals surface area (Å²) in [6, 6.07) is 13.9. The number of hydrogen-bond acceptors (Lipinski definition) is 5. The molecule has 2 aromatic carbocycles. The number of fused-ring (bicyclic) bond motifs is 1. The normalized spacial score (nSPS) is 13.5. The molecule has 2 aromatic rings. The number of nitrogens with zero attached hydrogens (tertiary/aromatic N) is 1. The lowest BCUT2D eigenvalue weighted by Gasteiger charge is -2.13. The van der Waals surface area contributed by atoms with E-state index in [1.165, 1.54) is 23.1 Å². The monoisotopic (exact) mass is 414 g/mol. The minimum Gasteiger partial charge on any atom is -0.351 e. The zero-order valence-corrected chi connectivity index (χ0v) is 16.9. The standard InChI is InChI=1S/C21H22N2O5S/c1-2-29(27,28)13-11-22-19(24)16-8-9-17-18(14-16)21(26)23(20(17)25)12-10-15-6-4-3-5-7-15/h3-9,14H,2,10-13H2,1H3,(H,22,24). The molecule has 0 radical (unpaired) electrons. The van der Waals surface area contributed by atoms with Crippen molar-refractivity contribution in [2.45, 2.75) is 13.3 Å². The Hall–Kier alpha value is -3.00. The Balaban J connectivity index is 1.67. The van der Waals surface area contributed by atoms with Crippen molar-refractivity contribution in [2.24, 2.45) is 0 Å². The van der Waals surface area contributed by atoms with Gasteiger partial charge in [-0.25, -0.2) is 8.42 Å². The first-order valence-electron chi connectivity index (χ1n) is 9.35. The topological polar surface area (TPSA) is 101 Å². The molecule has 0 fully saturated rings. The van der Waals surface area contributed by atoms with Gasteiger partial charge in [0.25, 0.3) is 17.7 Å². The molecule has 0 bridgehead atoms. The van der Waals surface area contributed by atoms with E-state index in [9.17, 15) is 22.8 Å². The molecule has 0 unspecified atom stereocenters. The van der Waals surface area contributed by atoms with Gasteiger partial charge >= 0.3 is 0 Å². The Bertz CT molecular complexity index is 1050. The molecule has 0 saturated carbocycles. The Morgan fingerprint density at radius 2 is 1.69 bits per heavy atom. The van der Waals surface area contributed by atoms with Crippen LogP contribution in [0, 0.1) is 0 Å². The van der Waals surface area contributed by atoms with E-state index in [-0.39, 0.29) is 47.2 Å². The maximum absolute atomic E-state index is 12.7. The Labute approximate surface area is 169 Å². The van der Waals surface area contributed by atoms with Crippen molar-refractivity contribution < 1.29 is 22.8 Å². The molecule has 3 amide bonds. The van der Waals surface area contributed by atoms with Crippen LogP contribution in [-0.4, -0.2) is 55.6 Å². The van der Waals surface area contributed by atoms with E-state index in [0.29, 0.717) is 6.42 Å². The highest BCUT2D eigenvalue weighted by Crippen LogP contribution is 2.24. The van der Waals surface area contributed by atoms with E-state index in [0.717, 1.165) is 5.56 Å². The smallest absolute Gasteiger partial charge is 0.261 e. The van der Waals surface area contributed by atoms with Crippen LogP contribution in [0.4, 0.5) is 0 Å². The lowest BCUT2D eigenvalue weighted by Crippen LogP contribution is -2.31. The molecule has 0 aliphatic carbocycles. The van der Waals surface area contributed by atoms with Gasteiger partial charge in [0.05, 0.1) is 16.9 Å². The van der Waals surface area contributed by atoms with E-state index >= 15 is 0 Å². The molecule has 1 aliphatic rings. The number of carbonyl (C=O) groups excluding carboxylic acids is 3. The Morgan fingerprint density at radius 1 is 1.00 bits per heavy atom. The van der Waals surface area contributed by atoms with Gasteiger partial charge in [-0.3, -0.25) is 19.3 Å². The first-order valence-corrected chi connectivity index (χ1v) is 11.2. The van der Waals surface area contributed by atoms with Gasteiger partial charge < -0.3 is 5.32 Å². The van der Waals surface area contributed by atoms with Crippen LogP contribution >= 0.6 is 0 Å². The number of nitrogens with one attached hydrogen (secondary N) is 1. The van der Waals surface area contributed by atoms with Gasteiger partial charge in [-0.1, -0.05) is 37.3 Å². The third kappa shape index (κ3) is 4.71. The maximum Gasteiger partial charge on any atom is 0.261 e. The average Bonchev–Trinajstić information content (AvgIpc) is 2.96. The van der Waals surface area contributed by atoms with E-state index in [1.54, 1.807) is 6.92 Å². The van der Waals surface area contributed by atoms with Crippen molar-refractivity contribution in [1.29, 1.82) is 0 Å². The van der Waals surface area contributed by atoms with Crippen molar-refractivity contribution in [2.75, 3.05) is 24.6 Å². The zero-order valence-electron chi connectivity index (χ0n) is 16.1. The lowest BCUT2D eigenvalue weighted by atomic mass is 10.1. The molecular formula is C21H22N2O5S. The summed E-state index contributed by atoms with van der Waals surface area (Å²) in [4.78, 5) is 38.7. The molecule has 3 rings (SSSR count). The van der Waals surface area contributed by atoms with E-state index in [1.807, 2.05) is 30.3 Å². The van der Waals surface area contributed by atoms with Gasteiger partial charge in [0, 0.05) is 24.4 Å². The van der Waals surface area contributed by atoms with E-state index < -0.39 is 21.7 Å². The molecule has 0 aromatic heterocycles. The average molecular weight is 414 g/mol. The third-order valence-electron chi connectivity index (χ3n) is 4.84. The predicted octanol–water partition coefficient (Wildman–Crippen LogP) is 1.69. The molecule has 1 N–H and O–H groups in total. The quantitative estimate of drug-likeness (QED) is 0.663. The highest BCUT2D eigenvalue weighted by atomic mass is 32.2. The number of hydrogen-bond donors (Lipinski definition) is 1. The summed E-state index contributed by atoms with van der Waals surface area (Å²) < 4.78 is 23.0. The molecule has 7 nitrogen and oxygen atoms in total. The number of amides is 3. The Morgan fingerprint density at radius 3 is 2.38 bits per heavy atom. The third-order valence-corrected chi connectivity index (χ3v) is 6.54. The van der Waals surface area contributed by atoms with Crippen LogP contribution < -0.4 is 5.32 Å². The lowest BCUT2D eigenvalue weighted by molar-refractivity contribution is 0.0656. The van der Waals surface area contributed by atoms with Crippen molar-refractivity contribution >= 4 is 27.6 Å². The molecule has 152 valence electrons. The molecule has 0 spiro atoms. The Kier molecular flexibility index (Phi) is 6.12. The summed E-state index contributed by atoms with van der Waals surface area (Å²) >= 11 is 0. The predicted molar refractivity (Wildman–Crippen MR) is 109 cm³/mol. The fourth-order valence-electron chi connectivity index (χ4n) is 3.09. The maximum atomic E-state index is 12.7. The van der Waals surface area contributed by atoms with E-state index in [4.69, 9.17) is 0 Å². The highest BCUT2D eigenvalue weighted by Gasteiger charge is 2.35. The SMILES string of the molecule is CCS(=O)(=O)CCNC(=O)c1ccc2c(c1)C(=O)N(CCc1ccccc1)C2=O. The summed E-state index contributed by atoms with van der Waals surface area (Å²) in [7, 11) is -3.18. The summed E-state index contributed by atoms with van der Waals surface area (Å²) in [5.74, 6) is -1.42. The van der Waals surface area contributed by atoms with E-state index in [2.05, 4.69) is 5.32 Å². The van der Waals surface area contributed by atoms with Gasteiger partial charge in [-0.2, -0.15) is 0 Å². The minimum absolute atomic E-state index is 0.0111. The number of rotatable bonds is 8. The molecule has 0 atom stereocenters. The molecule has 1 aliphatic heterocycles. The first-order chi connectivity index (χ1) is 13.8. The van der Waals surface area contributed by atoms with Crippen LogP contribution in [0.3, 0.4) is 0 Å². The number of benzene rings is 2. The van der Waals surface area contributed by atoms with Gasteiger partial charge in [0.15, 0.2) is 9.84 Å². The number of sulfone groups is 1. The van der Waals surface area contributed by atoms with Crippen LogP contribution in [0.25, 0.3) is 0 Å². The minimum atomic E-state index is -3.18. The number of carbonyl (C=O) groups is 3. The molecule has 8 heteroatoms. The van der Waals surface area contributed by atoms with Crippen molar-refractivity contribution in [3.63, 3.8) is 0 Å². The van der Waals surface area contributed by atoms with Gasteiger partial charge in [-0.15, -0.1) is 0 Å². The van der Waals surface area contributed by atoms with Crippen LogP contribution in [0.5, 0.6) is 0 Å².